The van der Waals surface area contributed by atoms with Crippen molar-refractivity contribution in [2.45, 2.75) is 82.8 Å². The first kappa shape index (κ1) is 23.8. The van der Waals surface area contributed by atoms with Crippen LogP contribution < -0.4 is 0 Å². The molecular formula is C20H28F6N2OS. The van der Waals surface area contributed by atoms with E-state index in [1.54, 1.807) is 0 Å². The van der Waals surface area contributed by atoms with Gasteiger partial charge in [-0.3, -0.25) is 4.90 Å². The van der Waals surface area contributed by atoms with Gasteiger partial charge in [0.15, 0.2) is 0 Å². The molecule has 1 aliphatic heterocycles. The molecule has 2 heterocycles. The van der Waals surface area contributed by atoms with Crippen molar-refractivity contribution in [3.63, 3.8) is 0 Å². The molecule has 1 aliphatic carbocycles. The number of halogens is 6. The number of likely N-dealkylation sites (tertiary alicyclic amines) is 1. The Morgan fingerprint density at radius 1 is 0.967 bits per heavy atom. The second kappa shape index (κ2) is 9.32. The molecule has 172 valence electrons. The lowest BCUT2D eigenvalue weighted by Crippen LogP contribution is -2.38. The Balaban J connectivity index is 1.67. The Labute approximate surface area is 176 Å². The number of aliphatic hydroxyl groups is 1. The molecule has 0 aromatic carbocycles. The third-order valence-corrected chi connectivity index (χ3v) is 7.76. The molecule has 10 heteroatoms. The predicted octanol–water partition coefficient (Wildman–Crippen LogP) is 6.20. The quantitative estimate of drug-likeness (QED) is 0.534. The number of nitrogens with zero attached hydrogens (tertiary/aromatic N) is 2. The average Bonchev–Trinajstić information content (AvgIpc) is 3.10. The number of piperidine rings is 1. The molecule has 0 spiro atoms. The molecule has 1 saturated carbocycles. The summed E-state index contributed by atoms with van der Waals surface area (Å²) in [6.45, 7) is 2.83. The molecule has 1 aromatic rings. The van der Waals surface area contributed by atoms with Gasteiger partial charge >= 0.3 is 12.4 Å². The molecule has 0 amide bonds. The van der Waals surface area contributed by atoms with E-state index in [0.717, 1.165) is 5.01 Å². The summed E-state index contributed by atoms with van der Waals surface area (Å²) in [6, 6.07) is 0. The van der Waals surface area contributed by atoms with Gasteiger partial charge in [-0.05, 0) is 58.0 Å². The maximum absolute atomic E-state index is 12.9. The van der Waals surface area contributed by atoms with Crippen LogP contribution in [0.4, 0.5) is 26.3 Å². The number of aromatic nitrogens is 1. The van der Waals surface area contributed by atoms with Crippen LogP contribution in [0.1, 0.15) is 79.5 Å². The summed E-state index contributed by atoms with van der Waals surface area (Å²) in [5, 5.41) is 11.2. The van der Waals surface area contributed by atoms with Crippen LogP contribution in [0.15, 0.2) is 0 Å². The summed E-state index contributed by atoms with van der Waals surface area (Å²) in [6.07, 6.45) is -7.48. The van der Waals surface area contributed by atoms with E-state index in [1.807, 2.05) is 11.8 Å². The summed E-state index contributed by atoms with van der Waals surface area (Å²) in [5.74, 6) is -2.59. The highest BCUT2D eigenvalue weighted by molar-refractivity contribution is 7.11. The van der Waals surface area contributed by atoms with Crippen molar-refractivity contribution in [2.75, 3.05) is 13.1 Å². The fraction of sp³-hybridized carbons (Fsp3) is 0.850. The van der Waals surface area contributed by atoms with E-state index in [9.17, 15) is 31.4 Å². The van der Waals surface area contributed by atoms with Crippen molar-refractivity contribution < 1.29 is 31.4 Å². The van der Waals surface area contributed by atoms with E-state index < -0.39 is 30.3 Å². The van der Waals surface area contributed by atoms with Crippen molar-refractivity contribution in [3.8, 4) is 0 Å². The molecule has 30 heavy (non-hydrogen) atoms. The lowest BCUT2D eigenvalue weighted by atomic mass is 9.82. The summed E-state index contributed by atoms with van der Waals surface area (Å²) in [7, 11) is 0. The lowest BCUT2D eigenvalue weighted by Gasteiger charge is -2.32. The molecule has 1 N–H and O–H groups in total. The molecule has 1 saturated heterocycles. The smallest absolute Gasteiger partial charge is 0.388 e. The van der Waals surface area contributed by atoms with Crippen LogP contribution in [0, 0.1) is 11.8 Å². The number of rotatable bonds is 5. The highest BCUT2D eigenvalue weighted by Gasteiger charge is 2.43. The van der Waals surface area contributed by atoms with Gasteiger partial charge in [0.05, 0.1) is 33.5 Å². The molecule has 3 nitrogen and oxygen atoms in total. The first-order valence-electron chi connectivity index (χ1n) is 10.5. The molecule has 2 aliphatic rings. The Kier molecular flexibility index (Phi) is 7.39. The molecular weight excluding hydrogens is 430 g/mol. The van der Waals surface area contributed by atoms with Gasteiger partial charge in [0.2, 0.25) is 0 Å². The second-order valence-corrected chi connectivity index (χ2v) is 9.53. The minimum Gasteiger partial charge on any atom is -0.388 e. The van der Waals surface area contributed by atoms with Gasteiger partial charge in [0.1, 0.15) is 0 Å². The third kappa shape index (κ3) is 5.68. The van der Waals surface area contributed by atoms with Gasteiger partial charge < -0.3 is 5.11 Å². The van der Waals surface area contributed by atoms with Crippen molar-refractivity contribution in [1.29, 1.82) is 0 Å². The standard InChI is InChI=1S/C20H28F6N2OS/c1-2-16(29)17-15(11-28-9-7-14(8-10-28)20(24,25)26)27-18(30-17)12-3-5-13(6-4-12)19(21,22)23/h12-14,16,29H,2-11H2,1H3/t12-,13-,16?. The Morgan fingerprint density at radius 3 is 2.00 bits per heavy atom. The van der Waals surface area contributed by atoms with E-state index in [4.69, 9.17) is 0 Å². The Bertz CT molecular complexity index is 688. The Morgan fingerprint density at radius 2 is 1.50 bits per heavy atom. The van der Waals surface area contributed by atoms with Gasteiger partial charge in [0, 0.05) is 12.5 Å². The van der Waals surface area contributed by atoms with Gasteiger partial charge in [0.25, 0.3) is 0 Å². The first-order valence-corrected chi connectivity index (χ1v) is 11.3. The highest BCUT2D eigenvalue weighted by Crippen LogP contribution is 2.45. The SMILES string of the molecule is CCC(O)c1sc([C@H]2CC[C@H](C(F)(F)F)CC2)nc1CN1CCC(C(F)(F)F)CC1. The molecule has 2 fully saturated rings. The summed E-state index contributed by atoms with van der Waals surface area (Å²) in [4.78, 5) is 7.29. The van der Waals surface area contributed by atoms with Crippen LogP contribution in [0.25, 0.3) is 0 Å². The van der Waals surface area contributed by atoms with Crippen LogP contribution in [0.2, 0.25) is 0 Å². The van der Waals surface area contributed by atoms with E-state index in [1.165, 1.54) is 11.3 Å². The fourth-order valence-corrected chi connectivity index (χ4v) is 5.73. The number of aliphatic hydroxyl groups excluding tert-OH is 1. The van der Waals surface area contributed by atoms with Crippen molar-refractivity contribution in [3.05, 3.63) is 15.6 Å². The van der Waals surface area contributed by atoms with E-state index >= 15 is 0 Å². The predicted molar refractivity (Wildman–Crippen MR) is 102 cm³/mol. The van der Waals surface area contributed by atoms with Crippen LogP contribution in [-0.2, 0) is 6.54 Å². The molecule has 0 radical (unpaired) electrons. The minimum absolute atomic E-state index is 0.0492. The van der Waals surface area contributed by atoms with Crippen LogP contribution in [0.3, 0.4) is 0 Å². The Hall–Kier alpha value is -0.870. The molecule has 0 bridgehead atoms. The van der Waals surface area contributed by atoms with E-state index in [-0.39, 0.29) is 31.6 Å². The molecule has 1 aromatic heterocycles. The fourth-order valence-electron chi connectivity index (χ4n) is 4.41. The van der Waals surface area contributed by atoms with Gasteiger partial charge in [-0.15, -0.1) is 11.3 Å². The zero-order chi connectivity index (χ0) is 22.1. The van der Waals surface area contributed by atoms with Crippen molar-refractivity contribution in [2.24, 2.45) is 11.8 Å². The van der Waals surface area contributed by atoms with E-state index in [0.29, 0.717) is 49.5 Å². The number of thiazole rings is 1. The van der Waals surface area contributed by atoms with E-state index in [2.05, 4.69) is 4.98 Å². The second-order valence-electron chi connectivity index (χ2n) is 8.47. The largest absolute Gasteiger partial charge is 0.391 e. The van der Waals surface area contributed by atoms with Gasteiger partial charge in [-0.1, -0.05) is 6.92 Å². The molecule has 1 unspecified atom stereocenters. The normalized spacial score (nSPS) is 26.1. The maximum Gasteiger partial charge on any atom is 0.391 e. The van der Waals surface area contributed by atoms with Gasteiger partial charge in [-0.2, -0.15) is 26.3 Å². The average molecular weight is 459 g/mol. The number of hydrogen-bond donors (Lipinski definition) is 1. The number of alkyl halides is 6. The number of hydrogen-bond acceptors (Lipinski definition) is 4. The highest BCUT2D eigenvalue weighted by atomic mass is 32.1. The van der Waals surface area contributed by atoms with Crippen LogP contribution in [-0.4, -0.2) is 40.4 Å². The van der Waals surface area contributed by atoms with Crippen LogP contribution in [0.5, 0.6) is 0 Å². The third-order valence-electron chi connectivity index (χ3n) is 6.40. The van der Waals surface area contributed by atoms with Crippen molar-refractivity contribution in [1.82, 2.24) is 9.88 Å². The maximum atomic E-state index is 12.9. The monoisotopic (exact) mass is 458 g/mol. The minimum atomic E-state index is -4.17. The zero-order valence-corrected chi connectivity index (χ0v) is 17.7. The lowest BCUT2D eigenvalue weighted by molar-refractivity contribution is -0.185. The van der Waals surface area contributed by atoms with Crippen LogP contribution >= 0.6 is 11.3 Å². The molecule has 1 atom stereocenters. The first-order chi connectivity index (χ1) is 14.0. The summed E-state index contributed by atoms with van der Waals surface area (Å²) < 4.78 is 77.5. The summed E-state index contributed by atoms with van der Waals surface area (Å²) in [5.41, 5.74) is 0.660. The van der Waals surface area contributed by atoms with Crippen molar-refractivity contribution >= 4 is 11.3 Å². The topological polar surface area (TPSA) is 36.4 Å². The summed E-state index contributed by atoms with van der Waals surface area (Å²) >= 11 is 1.35. The van der Waals surface area contributed by atoms with Gasteiger partial charge in [-0.25, -0.2) is 4.98 Å². The molecule has 3 rings (SSSR count). The zero-order valence-electron chi connectivity index (χ0n) is 16.9.